The molecule has 3 rings (SSSR count). The van der Waals surface area contributed by atoms with Gasteiger partial charge in [-0.25, -0.2) is 0 Å². The number of fused-ring (bicyclic) bond motifs is 2. The summed E-state index contributed by atoms with van der Waals surface area (Å²) in [6.45, 7) is 3.67. The molecule has 0 radical (unpaired) electrons. The fourth-order valence-electron chi connectivity index (χ4n) is 3.63. The van der Waals surface area contributed by atoms with Gasteiger partial charge in [-0.05, 0) is 51.5 Å². The normalized spacial score (nSPS) is 40.0. The van der Waals surface area contributed by atoms with Crippen molar-refractivity contribution in [3.63, 3.8) is 0 Å². The average Bonchev–Trinajstić information content (AvgIpc) is 3.02. The molecule has 0 aromatic carbocycles. The molecule has 2 unspecified atom stereocenters. The second kappa shape index (κ2) is 4.06. The minimum Gasteiger partial charge on any atom is -0.311 e. The summed E-state index contributed by atoms with van der Waals surface area (Å²) in [4.78, 5) is 2.84. The zero-order valence-electron chi connectivity index (χ0n) is 9.91. The smallest absolute Gasteiger partial charge is 0.0128 e. The van der Waals surface area contributed by atoms with Crippen LogP contribution in [0.15, 0.2) is 0 Å². The predicted molar refractivity (Wildman–Crippen MR) is 63.0 cm³/mol. The van der Waals surface area contributed by atoms with Crippen molar-refractivity contribution in [2.24, 2.45) is 0 Å². The topological polar surface area (TPSA) is 15.3 Å². The molecule has 0 spiro atoms. The van der Waals surface area contributed by atoms with Crippen molar-refractivity contribution in [2.75, 3.05) is 6.54 Å². The van der Waals surface area contributed by atoms with E-state index in [9.17, 15) is 0 Å². The molecule has 3 fully saturated rings. The molecule has 1 saturated carbocycles. The molecule has 2 aliphatic heterocycles. The van der Waals surface area contributed by atoms with Crippen LogP contribution < -0.4 is 5.32 Å². The summed E-state index contributed by atoms with van der Waals surface area (Å²) in [7, 11) is 0. The van der Waals surface area contributed by atoms with Gasteiger partial charge in [0.15, 0.2) is 0 Å². The molecule has 2 heteroatoms. The quantitative estimate of drug-likeness (QED) is 0.761. The third-order valence-corrected chi connectivity index (χ3v) is 4.41. The predicted octanol–water partition coefficient (Wildman–Crippen LogP) is 2.14. The average molecular weight is 208 g/mol. The number of piperidine rings is 1. The maximum Gasteiger partial charge on any atom is 0.0128 e. The molecule has 2 atom stereocenters. The molecule has 2 nitrogen and oxygen atoms in total. The minimum absolute atomic E-state index is 0.854. The van der Waals surface area contributed by atoms with Crippen LogP contribution in [-0.2, 0) is 0 Å². The third kappa shape index (κ3) is 2.07. The summed E-state index contributed by atoms with van der Waals surface area (Å²) in [5, 5.41) is 3.75. The Kier molecular flexibility index (Phi) is 2.73. The van der Waals surface area contributed by atoms with Gasteiger partial charge >= 0.3 is 0 Å². The van der Waals surface area contributed by atoms with Crippen LogP contribution >= 0.6 is 0 Å². The van der Waals surface area contributed by atoms with Crippen LogP contribution in [0.3, 0.4) is 0 Å². The molecule has 86 valence electrons. The number of hydrogen-bond donors (Lipinski definition) is 1. The summed E-state index contributed by atoms with van der Waals surface area (Å²) in [5.74, 6) is 0. The van der Waals surface area contributed by atoms with Gasteiger partial charge in [0, 0.05) is 24.2 Å². The van der Waals surface area contributed by atoms with E-state index < -0.39 is 0 Å². The molecule has 15 heavy (non-hydrogen) atoms. The zero-order chi connectivity index (χ0) is 10.3. The highest BCUT2D eigenvalue weighted by Crippen LogP contribution is 2.36. The van der Waals surface area contributed by atoms with Gasteiger partial charge in [-0.15, -0.1) is 0 Å². The largest absolute Gasteiger partial charge is 0.311 e. The van der Waals surface area contributed by atoms with Crippen LogP contribution in [0.25, 0.3) is 0 Å². The first-order chi connectivity index (χ1) is 7.36. The number of rotatable bonds is 4. The van der Waals surface area contributed by atoms with E-state index in [1.165, 1.54) is 51.5 Å². The summed E-state index contributed by atoms with van der Waals surface area (Å²) < 4.78 is 0. The van der Waals surface area contributed by atoms with Crippen LogP contribution in [0.4, 0.5) is 0 Å². The standard InChI is InChI=1S/C13H24N2/c1-2-7-15(12-5-6-12)13-8-10-3-4-11(9-13)14-10/h10-14H,2-9H2,1H3. The molecule has 3 aliphatic rings. The van der Waals surface area contributed by atoms with Gasteiger partial charge in [0.2, 0.25) is 0 Å². The van der Waals surface area contributed by atoms with Crippen molar-refractivity contribution < 1.29 is 0 Å². The van der Waals surface area contributed by atoms with Crippen molar-refractivity contribution in [1.29, 1.82) is 0 Å². The van der Waals surface area contributed by atoms with Gasteiger partial charge in [-0.1, -0.05) is 6.92 Å². The van der Waals surface area contributed by atoms with Crippen LogP contribution in [-0.4, -0.2) is 35.6 Å². The maximum absolute atomic E-state index is 3.75. The fraction of sp³-hybridized carbons (Fsp3) is 1.00. The lowest BCUT2D eigenvalue weighted by atomic mass is 9.98. The maximum atomic E-state index is 3.75. The highest BCUT2D eigenvalue weighted by molar-refractivity contribution is 4.98. The van der Waals surface area contributed by atoms with Crippen LogP contribution in [0, 0.1) is 0 Å². The van der Waals surface area contributed by atoms with Crippen molar-refractivity contribution in [2.45, 2.75) is 76.0 Å². The number of hydrogen-bond acceptors (Lipinski definition) is 2. The van der Waals surface area contributed by atoms with Gasteiger partial charge in [0.25, 0.3) is 0 Å². The van der Waals surface area contributed by atoms with E-state index in [0.717, 1.165) is 24.2 Å². The first-order valence-corrected chi connectivity index (χ1v) is 6.88. The monoisotopic (exact) mass is 208 g/mol. The van der Waals surface area contributed by atoms with E-state index in [-0.39, 0.29) is 0 Å². The Labute approximate surface area is 93.4 Å². The first kappa shape index (κ1) is 10.1. The molecular formula is C13H24N2. The van der Waals surface area contributed by atoms with Gasteiger partial charge in [0.1, 0.15) is 0 Å². The molecule has 2 bridgehead atoms. The Morgan fingerprint density at radius 3 is 2.20 bits per heavy atom. The Bertz CT molecular complexity index is 213. The summed E-state index contributed by atoms with van der Waals surface area (Å²) >= 11 is 0. The zero-order valence-corrected chi connectivity index (χ0v) is 9.91. The fourth-order valence-corrected chi connectivity index (χ4v) is 3.63. The minimum atomic E-state index is 0.854. The Hall–Kier alpha value is -0.0800. The summed E-state index contributed by atoms with van der Waals surface area (Å²) in [5.41, 5.74) is 0. The van der Waals surface area contributed by atoms with Crippen LogP contribution in [0.5, 0.6) is 0 Å². The SMILES string of the molecule is CCCN(C1CC1)C1CC2CCC(C1)N2. The molecular weight excluding hydrogens is 184 g/mol. The first-order valence-electron chi connectivity index (χ1n) is 6.88. The van der Waals surface area contributed by atoms with E-state index in [1.807, 2.05) is 0 Å². The van der Waals surface area contributed by atoms with Gasteiger partial charge < -0.3 is 5.32 Å². The van der Waals surface area contributed by atoms with Crippen molar-refractivity contribution in [3.05, 3.63) is 0 Å². The molecule has 0 amide bonds. The Balaban J connectivity index is 1.64. The van der Waals surface area contributed by atoms with Gasteiger partial charge in [-0.2, -0.15) is 0 Å². The lowest BCUT2D eigenvalue weighted by Gasteiger charge is -2.38. The van der Waals surface area contributed by atoms with Crippen LogP contribution in [0.2, 0.25) is 0 Å². The van der Waals surface area contributed by atoms with Crippen LogP contribution in [0.1, 0.15) is 51.9 Å². The van der Waals surface area contributed by atoms with E-state index in [1.54, 1.807) is 0 Å². The summed E-state index contributed by atoms with van der Waals surface area (Å²) in [6, 6.07) is 3.59. The Morgan fingerprint density at radius 2 is 1.67 bits per heavy atom. The van der Waals surface area contributed by atoms with Crippen molar-refractivity contribution in [1.82, 2.24) is 10.2 Å². The summed E-state index contributed by atoms with van der Waals surface area (Å²) in [6.07, 6.45) is 9.99. The van der Waals surface area contributed by atoms with E-state index >= 15 is 0 Å². The van der Waals surface area contributed by atoms with E-state index in [2.05, 4.69) is 17.1 Å². The lowest BCUT2D eigenvalue weighted by molar-refractivity contribution is 0.133. The van der Waals surface area contributed by atoms with E-state index in [0.29, 0.717) is 0 Å². The molecule has 1 aliphatic carbocycles. The van der Waals surface area contributed by atoms with Gasteiger partial charge in [0.05, 0.1) is 0 Å². The molecule has 2 saturated heterocycles. The number of nitrogens with zero attached hydrogens (tertiary/aromatic N) is 1. The Morgan fingerprint density at radius 1 is 1.00 bits per heavy atom. The molecule has 0 aromatic heterocycles. The second-order valence-corrected chi connectivity index (χ2v) is 5.73. The highest BCUT2D eigenvalue weighted by atomic mass is 15.2. The molecule has 2 heterocycles. The van der Waals surface area contributed by atoms with E-state index in [4.69, 9.17) is 0 Å². The number of nitrogens with one attached hydrogen (secondary N) is 1. The molecule has 1 N–H and O–H groups in total. The molecule has 0 aromatic rings. The van der Waals surface area contributed by atoms with Crippen molar-refractivity contribution in [3.8, 4) is 0 Å². The van der Waals surface area contributed by atoms with Gasteiger partial charge in [-0.3, -0.25) is 4.90 Å². The second-order valence-electron chi connectivity index (χ2n) is 5.73. The lowest BCUT2D eigenvalue weighted by Crippen LogP contribution is -2.49. The van der Waals surface area contributed by atoms with Crippen molar-refractivity contribution >= 4 is 0 Å². The highest BCUT2D eigenvalue weighted by Gasteiger charge is 2.40. The third-order valence-electron chi connectivity index (χ3n) is 4.41.